The molecule has 0 heteroatoms. The van der Waals surface area contributed by atoms with Crippen LogP contribution in [0.3, 0.4) is 0 Å². The van der Waals surface area contributed by atoms with Gasteiger partial charge in [0.1, 0.15) is 0 Å². The first kappa shape index (κ1) is 9.31. The van der Waals surface area contributed by atoms with Crippen LogP contribution in [0.15, 0.2) is 18.2 Å². The van der Waals surface area contributed by atoms with Gasteiger partial charge < -0.3 is 0 Å². The molecule has 0 bridgehead atoms. The zero-order chi connectivity index (χ0) is 8.97. The van der Waals surface area contributed by atoms with Crippen molar-refractivity contribution in [1.82, 2.24) is 0 Å². The number of aryl methyl sites for hydroxylation is 3. The van der Waals surface area contributed by atoms with Gasteiger partial charge in [-0.1, -0.05) is 44.0 Å². The molecule has 0 fully saturated rings. The van der Waals surface area contributed by atoms with E-state index in [-0.39, 0.29) is 0 Å². The van der Waals surface area contributed by atoms with Gasteiger partial charge in [0.05, 0.1) is 0 Å². The van der Waals surface area contributed by atoms with Crippen molar-refractivity contribution in [3.8, 4) is 0 Å². The molecule has 0 radical (unpaired) electrons. The lowest BCUT2D eigenvalue weighted by molar-refractivity contribution is 0.915. The summed E-state index contributed by atoms with van der Waals surface area (Å²) in [5.41, 5.74) is 4.37. The Balaban J connectivity index is 2.90. The molecule has 0 heterocycles. The number of benzene rings is 1. The van der Waals surface area contributed by atoms with Gasteiger partial charge in [-0.25, -0.2) is 0 Å². The van der Waals surface area contributed by atoms with Gasteiger partial charge >= 0.3 is 0 Å². The van der Waals surface area contributed by atoms with Crippen LogP contribution in [0.25, 0.3) is 0 Å². The Morgan fingerprint density at radius 2 is 1.67 bits per heavy atom. The standard InChI is InChI=1S/C12H18/c1-4-6-12-8-10(3)7-11(5-2)9-12/h7-9H,4-6H2,1-3H3. The first-order chi connectivity index (χ1) is 5.76. The first-order valence-electron chi connectivity index (χ1n) is 4.85. The van der Waals surface area contributed by atoms with Gasteiger partial charge in [-0.3, -0.25) is 0 Å². The maximum Gasteiger partial charge on any atom is -0.0281 e. The molecule has 1 aromatic carbocycles. The second-order valence-electron chi connectivity index (χ2n) is 3.43. The SMILES string of the molecule is CCCc1cc(C)cc(CC)c1. The van der Waals surface area contributed by atoms with E-state index in [2.05, 4.69) is 39.0 Å². The molecule has 0 aliphatic rings. The van der Waals surface area contributed by atoms with Crippen molar-refractivity contribution in [3.05, 3.63) is 34.9 Å². The van der Waals surface area contributed by atoms with Crippen LogP contribution in [0.2, 0.25) is 0 Å². The maximum absolute atomic E-state index is 2.33. The molecule has 0 N–H and O–H groups in total. The second kappa shape index (κ2) is 4.30. The third kappa shape index (κ3) is 2.37. The summed E-state index contributed by atoms with van der Waals surface area (Å²) in [7, 11) is 0. The summed E-state index contributed by atoms with van der Waals surface area (Å²) in [6.45, 7) is 6.62. The lowest BCUT2D eigenvalue weighted by Crippen LogP contribution is -1.88. The monoisotopic (exact) mass is 162 g/mol. The zero-order valence-electron chi connectivity index (χ0n) is 8.35. The van der Waals surface area contributed by atoms with E-state index < -0.39 is 0 Å². The van der Waals surface area contributed by atoms with Crippen LogP contribution in [0, 0.1) is 6.92 Å². The summed E-state index contributed by atoms with van der Waals surface area (Å²) < 4.78 is 0. The van der Waals surface area contributed by atoms with Crippen LogP contribution >= 0.6 is 0 Å². The Kier molecular flexibility index (Phi) is 3.33. The predicted molar refractivity (Wildman–Crippen MR) is 54.6 cm³/mol. The van der Waals surface area contributed by atoms with Gasteiger partial charge in [0.15, 0.2) is 0 Å². The minimum atomic E-state index is 1.15. The Bertz CT molecular complexity index is 248. The maximum atomic E-state index is 2.33. The van der Waals surface area contributed by atoms with Gasteiger partial charge in [0.25, 0.3) is 0 Å². The fourth-order valence-electron chi connectivity index (χ4n) is 1.59. The van der Waals surface area contributed by atoms with E-state index >= 15 is 0 Å². The molecule has 0 aliphatic heterocycles. The van der Waals surface area contributed by atoms with Crippen molar-refractivity contribution in [2.24, 2.45) is 0 Å². The van der Waals surface area contributed by atoms with E-state index in [4.69, 9.17) is 0 Å². The van der Waals surface area contributed by atoms with Gasteiger partial charge in [0, 0.05) is 0 Å². The predicted octanol–water partition coefficient (Wildman–Crippen LogP) is 3.51. The number of hydrogen-bond acceptors (Lipinski definition) is 0. The van der Waals surface area contributed by atoms with E-state index in [1.54, 1.807) is 0 Å². The lowest BCUT2D eigenvalue weighted by atomic mass is 10.0. The lowest BCUT2D eigenvalue weighted by Gasteiger charge is -2.04. The molecule has 0 amide bonds. The smallest absolute Gasteiger partial charge is 0.0281 e. The molecular weight excluding hydrogens is 144 g/mol. The Morgan fingerprint density at radius 3 is 2.25 bits per heavy atom. The van der Waals surface area contributed by atoms with Crippen molar-refractivity contribution < 1.29 is 0 Å². The molecule has 0 saturated heterocycles. The third-order valence-corrected chi connectivity index (χ3v) is 2.14. The Hall–Kier alpha value is -0.780. The van der Waals surface area contributed by atoms with E-state index in [1.807, 2.05) is 0 Å². The van der Waals surface area contributed by atoms with Crippen molar-refractivity contribution in [2.45, 2.75) is 40.0 Å². The molecule has 0 aliphatic carbocycles. The number of rotatable bonds is 3. The first-order valence-corrected chi connectivity index (χ1v) is 4.85. The highest BCUT2D eigenvalue weighted by atomic mass is 14.0. The van der Waals surface area contributed by atoms with Gasteiger partial charge in [-0.05, 0) is 30.9 Å². The summed E-state index contributed by atoms with van der Waals surface area (Å²) in [6, 6.07) is 6.90. The minimum Gasteiger partial charge on any atom is -0.0651 e. The van der Waals surface area contributed by atoms with E-state index in [0.29, 0.717) is 0 Å². The molecule has 0 saturated carbocycles. The Labute approximate surface area is 75.6 Å². The fraction of sp³-hybridized carbons (Fsp3) is 0.500. The summed E-state index contributed by atoms with van der Waals surface area (Å²) in [5.74, 6) is 0. The molecule has 12 heavy (non-hydrogen) atoms. The van der Waals surface area contributed by atoms with Crippen molar-refractivity contribution >= 4 is 0 Å². The average Bonchev–Trinajstić information content (AvgIpc) is 2.04. The largest absolute Gasteiger partial charge is 0.0651 e. The summed E-state index contributed by atoms with van der Waals surface area (Å²) in [6.07, 6.45) is 3.61. The van der Waals surface area contributed by atoms with E-state index in [1.165, 1.54) is 29.5 Å². The molecule has 0 unspecified atom stereocenters. The minimum absolute atomic E-state index is 1.15. The highest BCUT2D eigenvalue weighted by molar-refractivity contribution is 5.29. The van der Waals surface area contributed by atoms with Crippen molar-refractivity contribution in [1.29, 1.82) is 0 Å². The van der Waals surface area contributed by atoms with E-state index in [9.17, 15) is 0 Å². The van der Waals surface area contributed by atoms with Crippen LogP contribution in [0.4, 0.5) is 0 Å². The van der Waals surface area contributed by atoms with Gasteiger partial charge in [-0.2, -0.15) is 0 Å². The normalized spacial score (nSPS) is 10.2. The molecular formula is C12H18. The molecule has 1 rings (SSSR count). The zero-order valence-corrected chi connectivity index (χ0v) is 8.35. The highest BCUT2D eigenvalue weighted by Gasteiger charge is 1.95. The molecule has 0 aromatic heterocycles. The van der Waals surface area contributed by atoms with Crippen LogP contribution in [-0.4, -0.2) is 0 Å². The molecule has 66 valence electrons. The quantitative estimate of drug-likeness (QED) is 0.638. The summed E-state index contributed by atoms with van der Waals surface area (Å²) in [4.78, 5) is 0. The van der Waals surface area contributed by atoms with Gasteiger partial charge in [0.2, 0.25) is 0 Å². The molecule has 0 nitrogen and oxygen atoms in total. The van der Waals surface area contributed by atoms with E-state index in [0.717, 1.165) is 6.42 Å². The molecule has 0 spiro atoms. The third-order valence-electron chi connectivity index (χ3n) is 2.14. The van der Waals surface area contributed by atoms with Gasteiger partial charge in [-0.15, -0.1) is 0 Å². The molecule has 1 aromatic rings. The highest BCUT2D eigenvalue weighted by Crippen LogP contribution is 2.11. The average molecular weight is 162 g/mol. The molecule has 0 atom stereocenters. The van der Waals surface area contributed by atoms with Crippen LogP contribution < -0.4 is 0 Å². The number of hydrogen-bond donors (Lipinski definition) is 0. The topological polar surface area (TPSA) is 0 Å². The Morgan fingerprint density at radius 1 is 1.00 bits per heavy atom. The fourth-order valence-corrected chi connectivity index (χ4v) is 1.59. The van der Waals surface area contributed by atoms with Crippen LogP contribution in [-0.2, 0) is 12.8 Å². The summed E-state index contributed by atoms with van der Waals surface area (Å²) >= 11 is 0. The van der Waals surface area contributed by atoms with Crippen LogP contribution in [0.1, 0.15) is 37.0 Å². The second-order valence-corrected chi connectivity index (χ2v) is 3.43. The van der Waals surface area contributed by atoms with Crippen molar-refractivity contribution in [2.75, 3.05) is 0 Å². The van der Waals surface area contributed by atoms with Crippen LogP contribution in [0.5, 0.6) is 0 Å². The van der Waals surface area contributed by atoms with Crippen molar-refractivity contribution in [3.63, 3.8) is 0 Å². The summed E-state index contributed by atoms with van der Waals surface area (Å²) in [5, 5.41) is 0.